The molecule has 0 aromatic heterocycles. The zero-order chi connectivity index (χ0) is 15.2. The minimum Gasteiger partial charge on any atom is -0.466 e. The van der Waals surface area contributed by atoms with Crippen molar-refractivity contribution in [2.75, 3.05) is 6.61 Å². The molecule has 1 rings (SSSR count). The van der Waals surface area contributed by atoms with Crippen LogP contribution in [0.2, 0.25) is 0 Å². The fraction of sp³-hybridized carbons (Fsp3) is 0.947. The number of carbonyl (C=O) groups excluding carboxylic acids is 1. The fourth-order valence-electron chi connectivity index (χ4n) is 2.78. The van der Waals surface area contributed by atoms with E-state index in [9.17, 15) is 4.79 Å². The van der Waals surface area contributed by atoms with Crippen molar-refractivity contribution >= 4 is 5.97 Å². The Morgan fingerprint density at radius 3 is 2.14 bits per heavy atom. The van der Waals surface area contributed by atoms with Crippen molar-refractivity contribution in [1.29, 1.82) is 0 Å². The first-order valence-corrected chi connectivity index (χ1v) is 9.48. The quantitative estimate of drug-likeness (QED) is 0.272. The first kappa shape index (κ1) is 18.5. The van der Waals surface area contributed by atoms with Gasteiger partial charge in [-0.3, -0.25) is 4.79 Å². The molecule has 1 aliphatic carbocycles. The van der Waals surface area contributed by atoms with Crippen LogP contribution >= 0.6 is 0 Å². The Morgan fingerprint density at radius 1 is 0.857 bits per heavy atom. The summed E-state index contributed by atoms with van der Waals surface area (Å²) in [5.41, 5.74) is 0. The standard InChI is InChI=1S/C19H36O2/c1-2-3-4-11-14-19(20)21-17-12-9-7-5-6-8-10-13-18-15-16-18/h18H,2-17H2,1H3. The molecule has 0 amide bonds. The van der Waals surface area contributed by atoms with E-state index >= 15 is 0 Å². The van der Waals surface area contributed by atoms with Gasteiger partial charge >= 0.3 is 5.97 Å². The van der Waals surface area contributed by atoms with Gasteiger partial charge in [-0.15, -0.1) is 0 Å². The van der Waals surface area contributed by atoms with Crippen LogP contribution in [0.4, 0.5) is 0 Å². The second kappa shape index (κ2) is 13.2. The fourth-order valence-corrected chi connectivity index (χ4v) is 2.78. The minimum atomic E-state index is 0.00572. The predicted molar refractivity (Wildman–Crippen MR) is 89.4 cm³/mol. The summed E-state index contributed by atoms with van der Waals surface area (Å²) in [6.07, 6.45) is 18.9. The summed E-state index contributed by atoms with van der Waals surface area (Å²) in [7, 11) is 0. The smallest absolute Gasteiger partial charge is 0.305 e. The van der Waals surface area contributed by atoms with Gasteiger partial charge in [0.15, 0.2) is 0 Å². The van der Waals surface area contributed by atoms with Crippen LogP contribution < -0.4 is 0 Å². The molecule has 0 heterocycles. The third-order valence-corrected chi connectivity index (χ3v) is 4.45. The Balaban J connectivity index is 1.70. The first-order valence-electron chi connectivity index (χ1n) is 9.48. The lowest BCUT2D eigenvalue weighted by Crippen LogP contribution is -2.05. The number of carbonyl (C=O) groups is 1. The molecule has 1 aliphatic rings. The normalized spacial score (nSPS) is 14.3. The molecule has 124 valence electrons. The van der Waals surface area contributed by atoms with Crippen LogP contribution in [-0.2, 0) is 9.53 Å². The van der Waals surface area contributed by atoms with Crippen molar-refractivity contribution in [2.24, 2.45) is 5.92 Å². The molecule has 0 bridgehead atoms. The Bertz CT molecular complexity index is 246. The van der Waals surface area contributed by atoms with E-state index in [-0.39, 0.29) is 5.97 Å². The molecule has 0 aromatic carbocycles. The summed E-state index contributed by atoms with van der Waals surface area (Å²) in [6, 6.07) is 0. The largest absolute Gasteiger partial charge is 0.466 e. The lowest BCUT2D eigenvalue weighted by molar-refractivity contribution is -0.143. The van der Waals surface area contributed by atoms with E-state index in [1.807, 2.05) is 0 Å². The van der Waals surface area contributed by atoms with Crippen LogP contribution in [-0.4, -0.2) is 12.6 Å². The summed E-state index contributed by atoms with van der Waals surface area (Å²) in [5.74, 6) is 1.10. The molecule has 21 heavy (non-hydrogen) atoms. The number of ether oxygens (including phenoxy) is 1. The summed E-state index contributed by atoms with van der Waals surface area (Å²) in [6.45, 7) is 2.82. The third-order valence-electron chi connectivity index (χ3n) is 4.45. The Kier molecular flexibility index (Phi) is 11.6. The van der Waals surface area contributed by atoms with Crippen molar-refractivity contribution in [2.45, 2.75) is 103 Å². The molecule has 1 saturated carbocycles. The molecule has 0 spiro atoms. The van der Waals surface area contributed by atoms with Gasteiger partial charge < -0.3 is 4.74 Å². The SMILES string of the molecule is CCCCCCC(=O)OCCCCCCCCCC1CC1. The lowest BCUT2D eigenvalue weighted by Gasteiger charge is -2.05. The molecule has 0 atom stereocenters. The van der Waals surface area contributed by atoms with Gasteiger partial charge in [-0.2, -0.15) is 0 Å². The van der Waals surface area contributed by atoms with E-state index < -0.39 is 0 Å². The van der Waals surface area contributed by atoms with Crippen LogP contribution in [0, 0.1) is 5.92 Å². The molecular formula is C19H36O2. The maximum atomic E-state index is 11.5. The number of hydrogen-bond acceptors (Lipinski definition) is 2. The minimum absolute atomic E-state index is 0.00572. The highest BCUT2D eigenvalue weighted by Gasteiger charge is 2.19. The van der Waals surface area contributed by atoms with Gasteiger partial charge in [-0.25, -0.2) is 0 Å². The first-order chi connectivity index (χ1) is 10.3. The molecule has 1 fully saturated rings. The summed E-state index contributed by atoms with van der Waals surface area (Å²) in [4.78, 5) is 11.5. The molecule has 0 saturated heterocycles. The van der Waals surface area contributed by atoms with Crippen molar-refractivity contribution in [1.82, 2.24) is 0 Å². The predicted octanol–water partition coefficient (Wildman–Crippen LogP) is 6.03. The van der Waals surface area contributed by atoms with Gasteiger partial charge in [0.25, 0.3) is 0 Å². The van der Waals surface area contributed by atoms with Crippen molar-refractivity contribution < 1.29 is 9.53 Å². The number of unbranched alkanes of at least 4 members (excludes halogenated alkanes) is 9. The second-order valence-electron chi connectivity index (χ2n) is 6.74. The van der Waals surface area contributed by atoms with Crippen molar-refractivity contribution in [3.05, 3.63) is 0 Å². The Morgan fingerprint density at radius 2 is 1.48 bits per heavy atom. The van der Waals surface area contributed by atoms with E-state index in [4.69, 9.17) is 4.74 Å². The maximum Gasteiger partial charge on any atom is 0.305 e. The number of esters is 1. The van der Waals surface area contributed by atoms with Crippen LogP contribution in [0.25, 0.3) is 0 Å². The molecule has 0 aromatic rings. The molecule has 0 radical (unpaired) electrons. The van der Waals surface area contributed by atoms with E-state index in [0.29, 0.717) is 13.0 Å². The van der Waals surface area contributed by atoms with Gasteiger partial charge in [0.05, 0.1) is 6.61 Å². The highest BCUT2D eigenvalue weighted by molar-refractivity contribution is 5.69. The van der Waals surface area contributed by atoms with E-state index in [1.54, 1.807) is 0 Å². The van der Waals surface area contributed by atoms with Crippen LogP contribution in [0.1, 0.15) is 103 Å². The van der Waals surface area contributed by atoms with Gasteiger partial charge in [-0.1, -0.05) is 84.0 Å². The van der Waals surface area contributed by atoms with Gasteiger partial charge in [0, 0.05) is 6.42 Å². The van der Waals surface area contributed by atoms with Gasteiger partial charge in [0.1, 0.15) is 0 Å². The topological polar surface area (TPSA) is 26.3 Å². The average Bonchev–Trinajstić information content (AvgIpc) is 3.30. The van der Waals surface area contributed by atoms with Gasteiger partial charge in [0.2, 0.25) is 0 Å². The number of rotatable bonds is 15. The summed E-state index contributed by atoms with van der Waals surface area (Å²) < 4.78 is 5.26. The summed E-state index contributed by atoms with van der Waals surface area (Å²) >= 11 is 0. The monoisotopic (exact) mass is 296 g/mol. The third kappa shape index (κ3) is 12.9. The van der Waals surface area contributed by atoms with E-state index in [2.05, 4.69) is 6.92 Å². The van der Waals surface area contributed by atoms with Crippen LogP contribution in [0.5, 0.6) is 0 Å². The Labute approximate surface area is 132 Å². The van der Waals surface area contributed by atoms with Crippen molar-refractivity contribution in [3.8, 4) is 0 Å². The molecule has 2 heteroatoms. The van der Waals surface area contributed by atoms with Crippen LogP contribution in [0.3, 0.4) is 0 Å². The average molecular weight is 296 g/mol. The zero-order valence-electron chi connectivity index (χ0n) is 14.2. The Hall–Kier alpha value is -0.530. The van der Waals surface area contributed by atoms with Gasteiger partial charge in [-0.05, 0) is 18.8 Å². The van der Waals surface area contributed by atoms with Crippen molar-refractivity contribution in [3.63, 3.8) is 0 Å². The summed E-state index contributed by atoms with van der Waals surface area (Å²) in [5, 5.41) is 0. The zero-order valence-corrected chi connectivity index (χ0v) is 14.2. The highest BCUT2D eigenvalue weighted by Crippen LogP contribution is 2.34. The van der Waals surface area contributed by atoms with Crippen LogP contribution in [0.15, 0.2) is 0 Å². The van der Waals surface area contributed by atoms with E-state index in [0.717, 1.165) is 25.2 Å². The number of hydrogen-bond donors (Lipinski definition) is 0. The van der Waals surface area contributed by atoms with E-state index in [1.165, 1.54) is 70.6 Å². The molecule has 0 N–H and O–H groups in total. The maximum absolute atomic E-state index is 11.5. The molecule has 2 nitrogen and oxygen atoms in total. The second-order valence-corrected chi connectivity index (χ2v) is 6.74. The highest BCUT2D eigenvalue weighted by atomic mass is 16.5. The lowest BCUT2D eigenvalue weighted by atomic mass is 10.1. The molecule has 0 unspecified atom stereocenters. The molecular weight excluding hydrogens is 260 g/mol. The molecule has 0 aliphatic heterocycles.